The molecule has 3 heterocycles. The van der Waals surface area contributed by atoms with E-state index in [2.05, 4.69) is 23.0 Å². The molecule has 1 aliphatic carbocycles. The molecule has 0 radical (unpaired) electrons. The number of ether oxygens (including phenoxy) is 2. The molecular weight excluding hydrogens is 545 g/mol. The van der Waals surface area contributed by atoms with E-state index in [1.807, 2.05) is 6.07 Å². The predicted molar refractivity (Wildman–Crippen MR) is 149 cm³/mol. The molecule has 1 aromatic carbocycles. The van der Waals surface area contributed by atoms with Crippen LogP contribution in [0.4, 0.5) is 13.2 Å². The van der Waals surface area contributed by atoms with Crippen LogP contribution in [0.1, 0.15) is 66.6 Å². The second-order valence-electron chi connectivity index (χ2n) is 11.5. The monoisotopic (exact) mass is 578 g/mol. The molecule has 2 N–H and O–H groups in total. The molecule has 2 aromatic heterocycles. The first-order valence-electron chi connectivity index (χ1n) is 14.2. The summed E-state index contributed by atoms with van der Waals surface area (Å²) in [5, 5.41) is 9.60. The van der Waals surface area contributed by atoms with Gasteiger partial charge in [-0.1, -0.05) is 6.92 Å². The van der Waals surface area contributed by atoms with E-state index in [0.717, 1.165) is 48.6 Å². The minimum Gasteiger partial charge on any atom is -0.492 e. The zero-order valence-electron chi connectivity index (χ0n) is 23.4. The zero-order chi connectivity index (χ0) is 29.9. The van der Waals surface area contributed by atoms with Crippen molar-refractivity contribution in [1.29, 1.82) is 5.26 Å². The number of rotatable bonds is 8. The van der Waals surface area contributed by atoms with Crippen LogP contribution in [0.2, 0.25) is 0 Å². The molecule has 2 fully saturated rings. The number of hydrogen-bond donors (Lipinski definition) is 1. The second-order valence-corrected chi connectivity index (χ2v) is 11.5. The van der Waals surface area contributed by atoms with Gasteiger partial charge in [0, 0.05) is 50.2 Å². The van der Waals surface area contributed by atoms with Crippen molar-refractivity contribution in [3.05, 3.63) is 77.0 Å². The lowest BCUT2D eigenvalue weighted by Crippen LogP contribution is -2.33. The minimum absolute atomic E-state index is 0.0508. The van der Waals surface area contributed by atoms with E-state index in [4.69, 9.17) is 15.2 Å². The van der Waals surface area contributed by atoms with Gasteiger partial charge in [0.1, 0.15) is 41.2 Å². The lowest BCUT2D eigenvalue weighted by molar-refractivity contribution is 0.0190. The number of nitriles is 1. The number of nitrogens with two attached hydrogens (primary N) is 1. The molecule has 0 unspecified atom stereocenters. The van der Waals surface area contributed by atoms with E-state index in [-0.39, 0.29) is 36.4 Å². The van der Waals surface area contributed by atoms with Gasteiger partial charge in [0.05, 0.1) is 17.0 Å². The van der Waals surface area contributed by atoms with E-state index in [1.165, 1.54) is 6.07 Å². The summed E-state index contributed by atoms with van der Waals surface area (Å²) < 4.78 is 56.2. The van der Waals surface area contributed by atoms with Crippen LogP contribution in [0.15, 0.2) is 42.7 Å². The Hall–Kier alpha value is -3.81. The van der Waals surface area contributed by atoms with Gasteiger partial charge in [0.2, 0.25) is 0 Å². The molecule has 0 bridgehead atoms. The third-order valence-corrected chi connectivity index (χ3v) is 8.30. The van der Waals surface area contributed by atoms with Crippen LogP contribution in [0.25, 0.3) is 11.3 Å². The van der Waals surface area contributed by atoms with Gasteiger partial charge in [-0.25, -0.2) is 18.2 Å². The maximum Gasteiger partial charge on any atom is 0.185 e. The van der Waals surface area contributed by atoms with Crippen molar-refractivity contribution in [2.45, 2.75) is 57.4 Å². The molecule has 5 rings (SSSR count). The van der Waals surface area contributed by atoms with Crippen LogP contribution >= 0.6 is 0 Å². The molecule has 10 heteroatoms. The topological polar surface area (TPSA) is 111 Å². The SMILES string of the molecule is C[C@@H]1C[C@H](N)C[C@H](c2ccncc2CC(=O)c2ccc(F)c(-c3c(F)cc(OCC4(C#N)CCOCC4)cc3F)n2)C1. The summed E-state index contributed by atoms with van der Waals surface area (Å²) in [5.41, 5.74) is 5.72. The molecule has 0 amide bonds. The summed E-state index contributed by atoms with van der Waals surface area (Å²) in [6.45, 7) is 2.89. The van der Waals surface area contributed by atoms with Crippen molar-refractivity contribution in [2.75, 3.05) is 19.8 Å². The van der Waals surface area contributed by atoms with Crippen molar-refractivity contribution in [2.24, 2.45) is 17.1 Å². The molecule has 220 valence electrons. The van der Waals surface area contributed by atoms with E-state index >= 15 is 8.78 Å². The highest BCUT2D eigenvalue weighted by Crippen LogP contribution is 2.37. The standard InChI is InChI=1S/C32H33F3N4O3/c1-19-10-20(12-22(37)11-19)24-4-7-38-16-21(24)13-29(40)28-3-2-25(33)31(39-28)30-26(34)14-23(15-27(30)35)42-18-32(17-36)5-8-41-9-6-32/h2-4,7,14-16,19-20,22H,5-6,8-13,18,37H2,1H3/t19-,20+,22-/m0/s1. The van der Waals surface area contributed by atoms with E-state index in [0.29, 0.717) is 32.0 Å². The highest BCUT2D eigenvalue weighted by atomic mass is 19.1. The third-order valence-electron chi connectivity index (χ3n) is 8.30. The number of benzene rings is 1. The van der Waals surface area contributed by atoms with Gasteiger partial charge < -0.3 is 15.2 Å². The molecular formula is C32H33F3N4O3. The van der Waals surface area contributed by atoms with Crippen molar-refractivity contribution in [3.8, 4) is 23.1 Å². The van der Waals surface area contributed by atoms with Gasteiger partial charge in [0.15, 0.2) is 5.78 Å². The Bertz CT molecular complexity index is 1470. The number of halogens is 3. The Morgan fingerprint density at radius 3 is 2.55 bits per heavy atom. The number of pyridine rings is 2. The van der Waals surface area contributed by atoms with E-state index in [1.54, 1.807) is 12.4 Å². The third kappa shape index (κ3) is 6.48. The smallest absolute Gasteiger partial charge is 0.185 e. The molecule has 3 atom stereocenters. The van der Waals surface area contributed by atoms with E-state index in [9.17, 15) is 14.4 Å². The van der Waals surface area contributed by atoms with Gasteiger partial charge in [-0.15, -0.1) is 0 Å². The summed E-state index contributed by atoms with van der Waals surface area (Å²) in [7, 11) is 0. The van der Waals surface area contributed by atoms with Crippen LogP contribution in [-0.2, 0) is 11.2 Å². The summed E-state index contributed by atoms with van der Waals surface area (Å²) in [4.78, 5) is 21.6. The summed E-state index contributed by atoms with van der Waals surface area (Å²) in [6, 6.07) is 8.24. The lowest BCUT2D eigenvalue weighted by Gasteiger charge is -2.32. The molecule has 1 saturated carbocycles. The maximum absolute atomic E-state index is 15.2. The Morgan fingerprint density at radius 2 is 1.86 bits per heavy atom. The molecule has 1 aliphatic heterocycles. The quantitative estimate of drug-likeness (QED) is 0.331. The Morgan fingerprint density at radius 1 is 1.12 bits per heavy atom. The maximum atomic E-state index is 15.2. The largest absolute Gasteiger partial charge is 0.492 e. The van der Waals surface area contributed by atoms with Crippen LogP contribution in [0, 0.1) is 40.1 Å². The highest BCUT2D eigenvalue weighted by Gasteiger charge is 2.34. The fourth-order valence-corrected chi connectivity index (χ4v) is 6.06. The van der Waals surface area contributed by atoms with Crippen LogP contribution < -0.4 is 10.5 Å². The first kappa shape index (κ1) is 29.7. The van der Waals surface area contributed by atoms with E-state index < -0.39 is 39.9 Å². The average Bonchev–Trinajstić information content (AvgIpc) is 2.97. The summed E-state index contributed by atoms with van der Waals surface area (Å²) >= 11 is 0. The highest BCUT2D eigenvalue weighted by molar-refractivity contribution is 5.96. The van der Waals surface area contributed by atoms with Gasteiger partial charge >= 0.3 is 0 Å². The molecule has 1 saturated heterocycles. The molecule has 0 spiro atoms. The van der Waals surface area contributed by atoms with Gasteiger partial charge in [-0.2, -0.15) is 5.26 Å². The zero-order valence-corrected chi connectivity index (χ0v) is 23.4. The molecule has 42 heavy (non-hydrogen) atoms. The van der Waals surface area contributed by atoms with Crippen molar-refractivity contribution < 1.29 is 27.4 Å². The molecule has 7 nitrogen and oxygen atoms in total. The number of Topliss-reactive ketones (excluding diaryl/α,β-unsaturated/α-hetero) is 1. The number of carbonyl (C=O) groups is 1. The second kappa shape index (κ2) is 12.6. The minimum atomic E-state index is -1.10. The van der Waals surface area contributed by atoms with Crippen LogP contribution in [0.5, 0.6) is 5.75 Å². The Balaban J connectivity index is 1.36. The summed E-state index contributed by atoms with van der Waals surface area (Å²) in [6.07, 6.45) is 6.86. The number of carbonyl (C=O) groups excluding carboxylic acids is 1. The van der Waals surface area contributed by atoms with Crippen molar-refractivity contribution in [1.82, 2.24) is 9.97 Å². The first-order valence-corrected chi connectivity index (χ1v) is 14.2. The van der Waals surface area contributed by atoms with Gasteiger partial charge in [0.25, 0.3) is 0 Å². The average molecular weight is 579 g/mol. The number of ketones is 1. The molecule has 3 aromatic rings. The molecule has 2 aliphatic rings. The van der Waals surface area contributed by atoms with Crippen LogP contribution in [-0.4, -0.2) is 41.6 Å². The first-order chi connectivity index (χ1) is 20.2. The van der Waals surface area contributed by atoms with Crippen molar-refractivity contribution in [3.63, 3.8) is 0 Å². The fourth-order valence-electron chi connectivity index (χ4n) is 6.06. The normalized spacial score (nSPS) is 21.9. The Labute approximate surface area is 242 Å². The van der Waals surface area contributed by atoms with Crippen LogP contribution in [0.3, 0.4) is 0 Å². The van der Waals surface area contributed by atoms with Gasteiger partial charge in [-0.3, -0.25) is 9.78 Å². The number of hydrogen-bond acceptors (Lipinski definition) is 7. The predicted octanol–water partition coefficient (Wildman–Crippen LogP) is 5.92. The number of nitrogens with zero attached hydrogens (tertiary/aromatic N) is 3. The summed E-state index contributed by atoms with van der Waals surface area (Å²) in [5.74, 6) is -3.11. The van der Waals surface area contributed by atoms with Gasteiger partial charge in [-0.05, 0) is 73.3 Å². The Kier molecular flexibility index (Phi) is 8.90. The lowest BCUT2D eigenvalue weighted by atomic mass is 9.75. The van der Waals surface area contributed by atoms with Crippen molar-refractivity contribution >= 4 is 5.78 Å². The number of aromatic nitrogens is 2. The fraction of sp³-hybridized carbons (Fsp3) is 0.438.